The van der Waals surface area contributed by atoms with Crippen molar-refractivity contribution in [2.75, 3.05) is 26.1 Å². The lowest BCUT2D eigenvalue weighted by atomic mass is 9.97. The lowest BCUT2D eigenvalue weighted by Gasteiger charge is -2.17. The van der Waals surface area contributed by atoms with E-state index in [0.29, 0.717) is 18.1 Å². The number of carbonyl (C=O) groups is 1. The molecule has 3 rings (SSSR count). The summed E-state index contributed by atoms with van der Waals surface area (Å²) in [5, 5.41) is 0. The van der Waals surface area contributed by atoms with Gasteiger partial charge in [-0.1, -0.05) is 56.1 Å². The molecule has 7 heteroatoms. The van der Waals surface area contributed by atoms with E-state index in [4.69, 9.17) is 9.47 Å². The van der Waals surface area contributed by atoms with Crippen molar-refractivity contribution in [1.82, 2.24) is 0 Å². The Morgan fingerprint density at radius 2 is 1.50 bits per heavy atom. The van der Waals surface area contributed by atoms with Crippen molar-refractivity contribution in [3.8, 4) is 5.75 Å². The molecule has 0 N–H and O–H groups in total. The Hall–Kier alpha value is -2.22. The minimum atomic E-state index is -0.405. The van der Waals surface area contributed by atoms with Crippen molar-refractivity contribution in [3.05, 3.63) is 98.1 Å². The van der Waals surface area contributed by atoms with E-state index < -0.39 is 5.97 Å². The Labute approximate surface area is 222 Å². The molecule has 0 aliphatic carbocycles. The fourth-order valence-corrected chi connectivity index (χ4v) is 4.78. The van der Waals surface area contributed by atoms with Gasteiger partial charge in [0.2, 0.25) is 0 Å². The van der Waals surface area contributed by atoms with Crippen molar-refractivity contribution in [2.45, 2.75) is 18.7 Å². The van der Waals surface area contributed by atoms with Crippen LogP contribution in [-0.4, -0.2) is 32.0 Å². The molecule has 0 atom stereocenters. The van der Waals surface area contributed by atoms with Crippen LogP contribution in [0.1, 0.15) is 23.6 Å². The van der Waals surface area contributed by atoms with Crippen molar-refractivity contribution >= 4 is 55.2 Å². The van der Waals surface area contributed by atoms with Crippen LogP contribution in [0.15, 0.2) is 86.3 Å². The first-order valence-corrected chi connectivity index (χ1v) is 13.3. The minimum Gasteiger partial charge on any atom is -0.497 e. The number of benzene rings is 3. The van der Waals surface area contributed by atoms with E-state index in [9.17, 15) is 4.79 Å². The van der Waals surface area contributed by atoms with E-state index in [1.165, 1.54) is 7.11 Å². The van der Waals surface area contributed by atoms with Gasteiger partial charge in [-0.25, -0.2) is 4.79 Å². The standard InChI is InChI=1S/C27H26Br2O4S/c1-4-32-25(17-34-23-13-14-24(18(2)15-23)33-16-26(30)31-3)27(19-5-9-21(28)10-6-19)20-7-11-22(29)12-8-20/h5-15H,4,16-17H2,1-3H3. The van der Waals surface area contributed by atoms with Crippen LogP contribution < -0.4 is 4.74 Å². The van der Waals surface area contributed by atoms with Gasteiger partial charge in [-0.15, -0.1) is 11.8 Å². The molecule has 0 heterocycles. The maximum absolute atomic E-state index is 11.4. The highest BCUT2D eigenvalue weighted by Gasteiger charge is 2.15. The van der Waals surface area contributed by atoms with Crippen LogP contribution in [0.5, 0.6) is 5.75 Å². The SMILES string of the molecule is CCOC(CSc1ccc(OCC(=O)OC)c(C)c1)=C(c1ccc(Br)cc1)c1ccc(Br)cc1. The van der Waals surface area contributed by atoms with Gasteiger partial charge < -0.3 is 14.2 Å². The van der Waals surface area contributed by atoms with Crippen molar-refractivity contribution in [2.24, 2.45) is 0 Å². The number of esters is 1. The summed E-state index contributed by atoms with van der Waals surface area (Å²) in [5.74, 6) is 1.84. The van der Waals surface area contributed by atoms with Gasteiger partial charge in [0.25, 0.3) is 0 Å². The van der Waals surface area contributed by atoms with Gasteiger partial charge in [-0.3, -0.25) is 0 Å². The zero-order valence-electron chi connectivity index (χ0n) is 19.3. The summed E-state index contributed by atoms with van der Waals surface area (Å²) in [5.41, 5.74) is 4.22. The number of halogens is 2. The van der Waals surface area contributed by atoms with Crippen molar-refractivity contribution in [3.63, 3.8) is 0 Å². The quantitative estimate of drug-likeness (QED) is 0.135. The second-order valence-electron chi connectivity index (χ2n) is 7.33. The van der Waals surface area contributed by atoms with Gasteiger partial charge in [0, 0.05) is 19.4 Å². The summed E-state index contributed by atoms with van der Waals surface area (Å²) < 4.78 is 18.4. The van der Waals surface area contributed by atoms with E-state index >= 15 is 0 Å². The number of hydrogen-bond acceptors (Lipinski definition) is 5. The molecule has 0 unspecified atom stereocenters. The Balaban J connectivity index is 1.90. The molecule has 0 aromatic heterocycles. The Morgan fingerprint density at radius 3 is 2.00 bits per heavy atom. The number of hydrogen-bond donors (Lipinski definition) is 0. The van der Waals surface area contributed by atoms with Crippen LogP contribution in [0.25, 0.3) is 5.57 Å². The number of thioether (sulfide) groups is 1. The fraction of sp³-hybridized carbons (Fsp3) is 0.222. The maximum atomic E-state index is 11.4. The minimum absolute atomic E-state index is 0.106. The predicted octanol–water partition coefficient (Wildman–Crippen LogP) is 7.66. The number of ether oxygens (including phenoxy) is 3. The Bertz CT molecular complexity index is 1090. The van der Waals surface area contributed by atoms with E-state index in [1.54, 1.807) is 11.8 Å². The molecular formula is C27H26Br2O4S. The predicted molar refractivity (Wildman–Crippen MR) is 145 cm³/mol. The van der Waals surface area contributed by atoms with Gasteiger partial charge in [-0.2, -0.15) is 0 Å². The van der Waals surface area contributed by atoms with E-state index in [2.05, 4.69) is 66.9 Å². The summed E-state index contributed by atoms with van der Waals surface area (Å²) >= 11 is 8.76. The third-order valence-electron chi connectivity index (χ3n) is 4.95. The molecule has 0 amide bonds. The van der Waals surface area contributed by atoms with Crippen molar-refractivity contribution in [1.29, 1.82) is 0 Å². The van der Waals surface area contributed by atoms with Gasteiger partial charge in [0.05, 0.1) is 19.5 Å². The first-order valence-electron chi connectivity index (χ1n) is 10.7. The normalized spacial score (nSPS) is 10.5. The molecule has 0 fully saturated rings. The molecule has 4 nitrogen and oxygen atoms in total. The highest BCUT2D eigenvalue weighted by atomic mass is 79.9. The summed E-state index contributed by atoms with van der Waals surface area (Å²) in [6.07, 6.45) is 0. The molecule has 0 aliphatic rings. The fourth-order valence-electron chi connectivity index (χ4n) is 3.30. The van der Waals surface area contributed by atoms with Crippen LogP contribution in [0, 0.1) is 6.92 Å². The van der Waals surface area contributed by atoms with Crippen LogP contribution in [0.2, 0.25) is 0 Å². The third-order valence-corrected chi connectivity index (χ3v) is 7.00. The van der Waals surface area contributed by atoms with Crippen molar-refractivity contribution < 1.29 is 19.0 Å². The average molecular weight is 606 g/mol. The van der Waals surface area contributed by atoms with Gasteiger partial charge in [0.1, 0.15) is 11.5 Å². The molecule has 178 valence electrons. The molecule has 0 saturated carbocycles. The number of rotatable bonds is 10. The molecular weight excluding hydrogens is 580 g/mol. The first-order chi connectivity index (χ1) is 16.4. The van der Waals surface area contributed by atoms with Crippen LogP contribution in [0.3, 0.4) is 0 Å². The smallest absolute Gasteiger partial charge is 0.343 e. The zero-order valence-corrected chi connectivity index (χ0v) is 23.3. The zero-order chi connectivity index (χ0) is 24.5. The van der Waals surface area contributed by atoms with E-state index in [-0.39, 0.29) is 6.61 Å². The van der Waals surface area contributed by atoms with E-state index in [0.717, 1.165) is 41.9 Å². The number of aryl methyl sites for hydroxylation is 1. The molecule has 0 radical (unpaired) electrons. The molecule has 3 aromatic carbocycles. The highest BCUT2D eigenvalue weighted by molar-refractivity contribution is 9.10. The number of carbonyl (C=O) groups excluding carboxylic acids is 1. The molecule has 0 spiro atoms. The summed E-state index contributed by atoms with van der Waals surface area (Å²) in [4.78, 5) is 12.5. The monoisotopic (exact) mass is 604 g/mol. The Morgan fingerprint density at radius 1 is 0.912 bits per heavy atom. The van der Waals surface area contributed by atoms with Crippen LogP contribution in [0.4, 0.5) is 0 Å². The van der Waals surface area contributed by atoms with Gasteiger partial charge in [-0.05, 0) is 73.0 Å². The first kappa shape index (κ1) is 26.4. The van der Waals surface area contributed by atoms with Gasteiger partial charge >= 0.3 is 5.97 Å². The van der Waals surface area contributed by atoms with Gasteiger partial charge in [0.15, 0.2) is 6.61 Å². The molecule has 0 saturated heterocycles. The summed E-state index contributed by atoms with van der Waals surface area (Å²) in [6.45, 7) is 4.44. The highest BCUT2D eigenvalue weighted by Crippen LogP contribution is 2.34. The lowest BCUT2D eigenvalue weighted by Crippen LogP contribution is -2.13. The average Bonchev–Trinajstić information content (AvgIpc) is 2.84. The van der Waals surface area contributed by atoms with E-state index in [1.807, 2.05) is 50.2 Å². The second-order valence-corrected chi connectivity index (χ2v) is 10.2. The maximum Gasteiger partial charge on any atom is 0.343 e. The van der Waals surface area contributed by atoms with Crippen LogP contribution in [-0.2, 0) is 14.3 Å². The molecule has 34 heavy (non-hydrogen) atoms. The number of methoxy groups -OCH3 is 1. The Kier molecular flexibility index (Phi) is 10.1. The molecule has 3 aromatic rings. The largest absolute Gasteiger partial charge is 0.497 e. The summed E-state index contributed by atoms with van der Waals surface area (Å²) in [6, 6.07) is 22.5. The molecule has 0 bridgehead atoms. The second kappa shape index (κ2) is 13.0. The molecule has 0 aliphatic heterocycles. The third kappa shape index (κ3) is 7.39. The summed E-state index contributed by atoms with van der Waals surface area (Å²) in [7, 11) is 1.35. The lowest BCUT2D eigenvalue weighted by molar-refractivity contribution is -0.142. The van der Waals surface area contributed by atoms with Crippen LogP contribution >= 0.6 is 43.6 Å². The topological polar surface area (TPSA) is 44.8 Å².